The molecule has 1 aliphatic carbocycles. The predicted octanol–water partition coefficient (Wildman–Crippen LogP) is 12.0. The van der Waals surface area contributed by atoms with Gasteiger partial charge in [-0.15, -0.1) is 0 Å². The van der Waals surface area contributed by atoms with Gasteiger partial charge < -0.3 is 4.57 Å². The maximum Gasteiger partial charge on any atom is 0.0541 e. The average Bonchev–Trinajstić information content (AvgIpc) is 3.65. The van der Waals surface area contributed by atoms with Crippen molar-refractivity contribution in [1.29, 1.82) is 0 Å². The molecule has 1 heterocycles. The van der Waals surface area contributed by atoms with Gasteiger partial charge in [-0.2, -0.15) is 0 Å². The maximum absolute atomic E-state index is 2.47. The van der Waals surface area contributed by atoms with Crippen LogP contribution in [0.2, 0.25) is 0 Å². The Hall–Kier alpha value is -5.92. The Bertz CT molecular complexity index is 2520. The van der Waals surface area contributed by atoms with Gasteiger partial charge in [0.25, 0.3) is 0 Å². The molecule has 9 aromatic rings. The monoisotopic (exact) mass is 583 g/mol. The van der Waals surface area contributed by atoms with Gasteiger partial charge in [-0.1, -0.05) is 127 Å². The van der Waals surface area contributed by atoms with E-state index in [0.717, 1.165) is 6.42 Å². The largest absolute Gasteiger partial charge is 0.309 e. The summed E-state index contributed by atoms with van der Waals surface area (Å²) in [5, 5.41) is 7.63. The lowest BCUT2D eigenvalue weighted by atomic mass is 9.95. The van der Waals surface area contributed by atoms with E-state index in [0.29, 0.717) is 0 Å². The normalized spacial score (nSPS) is 12.3. The molecule has 0 N–H and O–H groups in total. The van der Waals surface area contributed by atoms with E-state index in [1.165, 1.54) is 93.5 Å². The molecule has 46 heavy (non-hydrogen) atoms. The first-order chi connectivity index (χ1) is 22.8. The third-order valence-corrected chi connectivity index (χ3v) is 10.0. The van der Waals surface area contributed by atoms with E-state index in [1.54, 1.807) is 0 Å². The van der Waals surface area contributed by atoms with Crippen LogP contribution in [-0.4, -0.2) is 4.57 Å². The van der Waals surface area contributed by atoms with E-state index in [-0.39, 0.29) is 0 Å². The highest BCUT2D eigenvalue weighted by atomic mass is 15.0. The van der Waals surface area contributed by atoms with Gasteiger partial charge in [-0.05, 0) is 109 Å². The lowest BCUT2D eigenvalue weighted by Crippen LogP contribution is -1.95. The molecule has 1 aliphatic rings. The van der Waals surface area contributed by atoms with E-state index in [4.69, 9.17) is 0 Å². The van der Waals surface area contributed by atoms with Crippen molar-refractivity contribution in [2.24, 2.45) is 0 Å². The van der Waals surface area contributed by atoms with Crippen LogP contribution in [0.5, 0.6) is 0 Å². The van der Waals surface area contributed by atoms with Gasteiger partial charge in [0.05, 0.1) is 11.0 Å². The summed E-state index contributed by atoms with van der Waals surface area (Å²) in [4.78, 5) is 0. The van der Waals surface area contributed by atoms with Crippen molar-refractivity contribution in [3.63, 3.8) is 0 Å². The van der Waals surface area contributed by atoms with E-state index >= 15 is 0 Å². The first-order valence-corrected chi connectivity index (χ1v) is 16.1. The SMILES string of the molecule is c1ccc2c(c1)Cc1cc(-n3c4ccc(-c5cccc6ccccc56)cc4c4cc(-c5cccc6ccccc56)ccc43)ccc1-2. The van der Waals surface area contributed by atoms with Gasteiger partial charge in [-0.25, -0.2) is 0 Å². The van der Waals surface area contributed by atoms with Crippen LogP contribution in [0.3, 0.4) is 0 Å². The number of fused-ring (bicyclic) bond motifs is 8. The number of hydrogen-bond donors (Lipinski definition) is 0. The Kier molecular flexibility index (Phi) is 5.41. The Balaban J connectivity index is 1.23. The molecule has 1 heteroatoms. The van der Waals surface area contributed by atoms with E-state index in [2.05, 4.69) is 168 Å². The number of rotatable bonds is 3. The van der Waals surface area contributed by atoms with Gasteiger partial charge in [0, 0.05) is 16.5 Å². The molecule has 10 rings (SSSR count). The molecule has 0 amide bonds. The Morgan fingerprint density at radius 1 is 0.348 bits per heavy atom. The molecule has 0 atom stereocenters. The molecule has 1 aromatic heterocycles. The zero-order valence-electron chi connectivity index (χ0n) is 25.2. The van der Waals surface area contributed by atoms with E-state index < -0.39 is 0 Å². The van der Waals surface area contributed by atoms with E-state index in [9.17, 15) is 0 Å². The van der Waals surface area contributed by atoms with Crippen LogP contribution in [-0.2, 0) is 6.42 Å². The van der Waals surface area contributed by atoms with Crippen LogP contribution in [0, 0.1) is 0 Å². The molecule has 0 saturated heterocycles. The van der Waals surface area contributed by atoms with Gasteiger partial charge in [0.2, 0.25) is 0 Å². The number of hydrogen-bond acceptors (Lipinski definition) is 0. The quantitative estimate of drug-likeness (QED) is 0.195. The Morgan fingerprint density at radius 3 is 1.52 bits per heavy atom. The molecular formula is C45H29N. The zero-order chi connectivity index (χ0) is 30.2. The molecule has 0 spiro atoms. The Morgan fingerprint density at radius 2 is 0.870 bits per heavy atom. The lowest BCUT2D eigenvalue weighted by molar-refractivity contribution is 1.16. The fourth-order valence-corrected chi connectivity index (χ4v) is 7.86. The standard InChI is InChI=1S/C45H29N/c1-4-14-36-29(9-1)12-7-17-39(36)32-19-23-44-42(27-32)43-28-33(40-18-8-13-30-10-2-5-15-37(30)40)20-24-45(43)46(44)35-21-22-41-34(26-35)25-31-11-3-6-16-38(31)41/h1-24,26-28H,25H2. The minimum atomic E-state index is 0.979. The highest BCUT2D eigenvalue weighted by Gasteiger charge is 2.21. The predicted molar refractivity (Wildman–Crippen MR) is 195 cm³/mol. The molecular weight excluding hydrogens is 555 g/mol. The number of aromatic nitrogens is 1. The fourth-order valence-electron chi connectivity index (χ4n) is 7.86. The summed E-state index contributed by atoms with van der Waals surface area (Å²) in [6, 6.07) is 60.6. The van der Waals surface area contributed by atoms with Crippen molar-refractivity contribution < 1.29 is 0 Å². The van der Waals surface area contributed by atoms with Gasteiger partial charge in [0.1, 0.15) is 0 Å². The molecule has 0 bridgehead atoms. The smallest absolute Gasteiger partial charge is 0.0541 e. The molecule has 8 aromatic carbocycles. The van der Waals surface area contributed by atoms with Crippen molar-refractivity contribution >= 4 is 43.4 Å². The molecule has 1 nitrogen and oxygen atoms in total. The van der Waals surface area contributed by atoms with Crippen molar-refractivity contribution in [2.75, 3.05) is 0 Å². The first-order valence-electron chi connectivity index (χ1n) is 16.1. The zero-order valence-corrected chi connectivity index (χ0v) is 25.2. The van der Waals surface area contributed by atoms with Crippen molar-refractivity contribution in [3.05, 3.63) is 175 Å². The maximum atomic E-state index is 2.47. The highest BCUT2D eigenvalue weighted by Crippen LogP contribution is 2.42. The van der Waals surface area contributed by atoms with E-state index in [1.807, 2.05) is 0 Å². The van der Waals surface area contributed by atoms with Gasteiger partial charge in [0.15, 0.2) is 0 Å². The molecule has 0 radical (unpaired) electrons. The topological polar surface area (TPSA) is 4.93 Å². The fraction of sp³-hybridized carbons (Fsp3) is 0.0222. The summed E-state index contributed by atoms with van der Waals surface area (Å²) >= 11 is 0. The second-order valence-corrected chi connectivity index (χ2v) is 12.5. The van der Waals surface area contributed by atoms with Crippen molar-refractivity contribution in [3.8, 4) is 39.1 Å². The van der Waals surface area contributed by atoms with Crippen LogP contribution >= 0.6 is 0 Å². The summed E-state index contributed by atoms with van der Waals surface area (Å²) in [6.07, 6.45) is 0.979. The minimum Gasteiger partial charge on any atom is -0.309 e. The summed E-state index contributed by atoms with van der Waals surface area (Å²) in [5.41, 5.74) is 14.2. The highest BCUT2D eigenvalue weighted by molar-refractivity contribution is 6.13. The molecule has 0 fully saturated rings. The molecule has 0 aliphatic heterocycles. The number of nitrogens with zero attached hydrogens (tertiary/aromatic N) is 1. The van der Waals surface area contributed by atoms with Crippen molar-refractivity contribution in [1.82, 2.24) is 4.57 Å². The summed E-state index contributed by atoms with van der Waals surface area (Å²) in [6.45, 7) is 0. The lowest BCUT2D eigenvalue weighted by Gasteiger charge is -2.12. The third kappa shape index (κ3) is 3.76. The minimum absolute atomic E-state index is 0.979. The molecule has 0 unspecified atom stereocenters. The average molecular weight is 584 g/mol. The third-order valence-electron chi connectivity index (χ3n) is 10.0. The molecule has 214 valence electrons. The second-order valence-electron chi connectivity index (χ2n) is 12.5. The Labute approximate surface area is 267 Å². The summed E-state index contributed by atoms with van der Waals surface area (Å²) in [7, 11) is 0. The summed E-state index contributed by atoms with van der Waals surface area (Å²) in [5.74, 6) is 0. The second kappa shape index (κ2) is 9.79. The van der Waals surface area contributed by atoms with Crippen LogP contribution in [0.4, 0.5) is 0 Å². The summed E-state index contributed by atoms with van der Waals surface area (Å²) < 4.78 is 2.47. The van der Waals surface area contributed by atoms with Crippen LogP contribution < -0.4 is 0 Å². The van der Waals surface area contributed by atoms with Crippen LogP contribution in [0.1, 0.15) is 11.1 Å². The molecule has 0 saturated carbocycles. The van der Waals surface area contributed by atoms with Gasteiger partial charge in [-0.3, -0.25) is 0 Å². The number of benzene rings is 8. The van der Waals surface area contributed by atoms with Crippen molar-refractivity contribution in [2.45, 2.75) is 6.42 Å². The van der Waals surface area contributed by atoms with Crippen LogP contribution in [0.25, 0.3) is 82.4 Å². The first kappa shape index (κ1) is 25.4. The van der Waals surface area contributed by atoms with Gasteiger partial charge >= 0.3 is 0 Å². The van der Waals surface area contributed by atoms with Crippen LogP contribution in [0.15, 0.2) is 164 Å².